The highest BCUT2D eigenvalue weighted by atomic mass is 35.5. The van der Waals surface area contributed by atoms with Crippen LogP contribution in [-0.4, -0.2) is 17.8 Å². The van der Waals surface area contributed by atoms with Crippen molar-refractivity contribution in [3.63, 3.8) is 0 Å². The number of amides is 1. The molecule has 1 amide bonds. The minimum Gasteiger partial charge on any atom is -0.352 e. The molecule has 2 atom stereocenters. The van der Waals surface area contributed by atoms with E-state index in [1.807, 2.05) is 0 Å². The fraction of sp³-hybridized carbons (Fsp3) is 0.462. The molecule has 98 valence electrons. The molecule has 1 aromatic rings. The van der Waals surface area contributed by atoms with Crippen molar-refractivity contribution in [1.29, 1.82) is 0 Å². The Morgan fingerprint density at radius 2 is 2.22 bits per heavy atom. The van der Waals surface area contributed by atoms with Crippen LogP contribution in [0.4, 0.5) is 4.39 Å². The summed E-state index contributed by atoms with van der Waals surface area (Å²) in [5, 5.41) is 3.17. The van der Waals surface area contributed by atoms with Gasteiger partial charge < -0.3 is 5.32 Å². The quantitative estimate of drug-likeness (QED) is 0.846. The van der Waals surface area contributed by atoms with E-state index >= 15 is 0 Å². The molecule has 1 N–H and O–H groups in total. The molecular weight excluding hydrogens is 276 g/mol. The number of halogens is 3. The Balaban J connectivity index is 1.91. The van der Waals surface area contributed by atoms with E-state index in [0.717, 1.165) is 25.3 Å². The van der Waals surface area contributed by atoms with Gasteiger partial charge in [0.15, 0.2) is 0 Å². The zero-order valence-corrected chi connectivity index (χ0v) is 11.3. The van der Waals surface area contributed by atoms with Crippen LogP contribution in [0.5, 0.6) is 0 Å². The number of hydrogen-bond donors (Lipinski definition) is 1. The highest BCUT2D eigenvalue weighted by Crippen LogP contribution is 2.28. The molecule has 0 spiro atoms. The van der Waals surface area contributed by atoms with Crippen molar-refractivity contribution in [3.8, 4) is 0 Å². The van der Waals surface area contributed by atoms with Gasteiger partial charge in [0.25, 0.3) is 5.91 Å². The van der Waals surface area contributed by atoms with E-state index in [9.17, 15) is 9.18 Å². The van der Waals surface area contributed by atoms with Crippen LogP contribution in [0.15, 0.2) is 18.2 Å². The number of alkyl halides is 1. The summed E-state index contributed by atoms with van der Waals surface area (Å²) in [6, 6.07) is 3.76. The maximum Gasteiger partial charge on any atom is 0.252 e. The van der Waals surface area contributed by atoms with Crippen LogP contribution in [0.2, 0.25) is 5.02 Å². The highest BCUT2D eigenvalue weighted by molar-refractivity contribution is 6.33. The van der Waals surface area contributed by atoms with Crippen molar-refractivity contribution in [3.05, 3.63) is 34.6 Å². The number of carbonyl (C=O) groups excluding carboxylic acids is 1. The predicted octanol–water partition coefficient (Wildman–Crippen LogP) is 3.62. The number of nitrogens with one attached hydrogen (secondary N) is 1. The molecule has 0 saturated heterocycles. The van der Waals surface area contributed by atoms with E-state index in [2.05, 4.69) is 5.32 Å². The van der Waals surface area contributed by atoms with Gasteiger partial charge in [-0.15, -0.1) is 11.6 Å². The summed E-state index contributed by atoms with van der Waals surface area (Å²) in [7, 11) is 0. The van der Waals surface area contributed by atoms with Gasteiger partial charge in [-0.05, 0) is 43.4 Å². The lowest BCUT2D eigenvalue weighted by Crippen LogP contribution is -2.28. The summed E-state index contributed by atoms with van der Waals surface area (Å²) < 4.78 is 12.9. The van der Waals surface area contributed by atoms with E-state index < -0.39 is 5.82 Å². The van der Waals surface area contributed by atoms with E-state index in [0.29, 0.717) is 18.0 Å². The van der Waals surface area contributed by atoms with Crippen molar-refractivity contribution in [2.45, 2.75) is 24.6 Å². The van der Waals surface area contributed by atoms with Crippen molar-refractivity contribution in [2.75, 3.05) is 6.54 Å². The average molecular weight is 290 g/mol. The van der Waals surface area contributed by atoms with Crippen LogP contribution in [-0.2, 0) is 0 Å². The molecule has 2 unspecified atom stereocenters. The molecule has 5 heteroatoms. The Morgan fingerprint density at radius 3 is 2.83 bits per heavy atom. The maximum absolute atomic E-state index is 12.9. The normalized spacial score (nSPS) is 23.1. The fourth-order valence-electron chi connectivity index (χ4n) is 2.21. The molecule has 0 bridgehead atoms. The molecule has 0 heterocycles. The first-order valence-corrected chi connectivity index (χ1v) is 6.75. The molecule has 1 aliphatic rings. The molecule has 0 aromatic heterocycles. The SMILES string of the molecule is O=C(NCC1CCC(Cl)C1)c1ccc(F)cc1Cl. The van der Waals surface area contributed by atoms with Gasteiger partial charge in [0.2, 0.25) is 0 Å². The van der Waals surface area contributed by atoms with Crippen LogP contribution in [0.1, 0.15) is 29.6 Å². The molecule has 0 aliphatic heterocycles. The molecule has 2 rings (SSSR count). The molecule has 2 nitrogen and oxygen atoms in total. The average Bonchev–Trinajstić information content (AvgIpc) is 2.72. The van der Waals surface area contributed by atoms with Gasteiger partial charge >= 0.3 is 0 Å². The summed E-state index contributed by atoms with van der Waals surface area (Å²) in [6.45, 7) is 0.593. The number of rotatable bonds is 3. The van der Waals surface area contributed by atoms with Crippen LogP contribution >= 0.6 is 23.2 Å². The van der Waals surface area contributed by atoms with Crippen molar-refractivity contribution in [1.82, 2.24) is 5.32 Å². The lowest BCUT2D eigenvalue weighted by Gasteiger charge is -2.11. The Kier molecular flexibility index (Phi) is 4.46. The Morgan fingerprint density at radius 1 is 1.44 bits per heavy atom. The first-order valence-electron chi connectivity index (χ1n) is 5.93. The predicted molar refractivity (Wildman–Crippen MR) is 70.7 cm³/mol. The molecule has 1 aromatic carbocycles. The van der Waals surface area contributed by atoms with Gasteiger partial charge in [-0.3, -0.25) is 4.79 Å². The monoisotopic (exact) mass is 289 g/mol. The van der Waals surface area contributed by atoms with E-state index in [-0.39, 0.29) is 16.3 Å². The first-order chi connectivity index (χ1) is 8.56. The van der Waals surface area contributed by atoms with Crippen LogP contribution in [0.3, 0.4) is 0 Å². The van der Waals surface area contributed by atoms with E-state index in [1.54, 1.807) is 0 Å². The summed E-state index contributed by atoms with van der Waals surface area (Å²) in [6.07, 6.45) is 2.96. The van der Waals surface area contributed by atoms with Crippen molar-refractivity contribution in [2.24, 2.45) is 5.92 Å². The second kappa shape index (κ2) is 5.89. The van der Waals surface area contributed by atoms with Gasteiger partial charge in [-0.1, -0.05) is 11.6 Å². The van der Waals surface area contributed by atoms with Gasteiger partial charge in [-0.2, -0.15) is 0 Å². The largest absolute Gasteiger partial charge is 0.352 e. The van der Waals surface area contributed by atoms with Gasteiger partial charge in [0.05, 0.1) is 10.6 Å². The summed E-state index contributed by atoms with van der Waals surface area (Å²) >= 11 is 11.8. The second-order valence-electron chi connectivity index (χ2n) is 4.61. The lowest BCUT2D eigenvalue weighted by atomic mass is 10.1. The molecule has 1 saturated carbocycles. The molecule has 1 fully saturated rings. The zero-order chi connectivity index (χ0) is 13.1. The van der Waals surface area contributed by atoms with Gasteiger partial charge in [0, 0.05) is 11.9 Å². The molecular formula is C13H14Cl2FNO. The van der Waals surface area contributed by atoms with Crippen molar-refractivity contribution < 1.29 is 9.18 Å². The van der Waals surface area contributed by atoms with E-state index in [4.69, 9.17) is 23.2 Å². The summed E-state index contributed by atoms with van der Waals surface area (Å²) in [5.41, 5.74) is 0.304. The van der Waals surface area contributed by atoms with E-state index in [1.165, 1.54) is 12.1 Å². The Labute approximate surface area is 115 Å². The van der Waals surface area contributed by atoms with Crippen LogP contribution < -0.4 is 5.32 Å². The molecule has 18 heavy (non-hydrogen) atoms. The maximum atomic E-state index is 12.9. The second-order valence-corrected chi connectivity index (χ2v) is 5.63. The Bertz CT molecular complexity index is 453. The minimum absolute atomic E-state index is 0.133. The summed E-state index contributed by atoms with van der Waals surface area (Å²) in [4.78, 5) is 11.9. The topological polar surface area (TPSA) is 29.1 Å². The molecule has 1 aliphatic carbocycles. The standard InChI is InChI=1S/C13H14Cl2FNO/c14-9-2-1-8(5-9)7-17-13(18)11-4-3-10(16)6-12(11)15/h3-4,6,8-9H,1-2,5,7H2,(H,17,18). The highest BCUT2D eigenvalue weighted by Gasteiger charge is 2.23. The lowest BCUT2D eigenvalue weighted by molar-refractivity contribution is 0.0947. The first kappa shape index (κ1) is 13.6. The van der Waals surface area contributed by atoms with Crippen LogP contribution in [0.25, 0.3) is 0 Å². The minimum atomic E-state index is -0.447. The third kappa shape index (κ3) is 3.36. The van der Waals surface area contributed by atoms with Gasteiger partial charge in [0.1, 0.15) is 5.82 Å². The fourth-order valence-corrected chi connectivity index (χ4v) is 2.84. The van der Waals surface area contributed by atoms with Gasteiger partial charge in [-0.25, -0.2) is 4.39 Å². The van der Waals surface area contributed by atoms with Crippen LogP contribution in [0, 0.1) is 11.7 Å². The number of hydrogen-bond acceptors (Lipinski definition) is 1. The zero-order valence-electron chi connectivity index (χ0n) is 9.76. The third-order valence-corrected chi connectivity index (χ3v) is 3.91. The number of benzene rings is 1. The smallest absolute Gasteiger partial charge is 0.252 e. The summed E-state index contributed by atoms with van der Waals surface area (Å²) in [5.74, 6) is -0.286. The molecule has 0 radical (unpaired) electrons. The number of carbonyl (C=O) groups is 1. The Hall–Kier alpha value is -0.800. The third-order valence-electron chi connectivity index (χ3n) is 3.20. The van der Waals surface area contributed by atoms with Crippen molar-refractivity contribution >= 4 is 29.1 Å².